The molecule has 3 rings (SSSR count). The molecule has 198 valence electrons. The number of carbonyl (C=O) groups is 1. The van der Waals surface area contributed by atoms with Gasteiger partial charge in [0.05, 0.1) is 16.3 Å². The second kappa shape index (κ2) is 13.1. The van der Waals surface area contributed by atoms with Gasteiger partial charge in [0.1, 0.15) is 0 Å². The Balaban J connectivity index is 1.48. The van der Waals surface area contributed by atoms with Gasteiger partial charge in [0.15, 0.2) is 0 Å². The predicted molar refractivity (Wildman–Crippen MR) is 148 cm³/mol. The number of anilines is 1. The smallest absolute Gasteiger partial charge is 0.319 e. The third-order valence-electron chi connectivity index (χ3n) is 6.51. The van der Waals surface area contributed by atoms with Crippen LogP contribution in [0, 0.1) is 11.8 Å². The number of hydrogen-bond donors (Lipinski definition) is 3. The van der Waals surface area contributed by atoms with Gasteiger partial charge < -0.3 is 15.5 Å². The maximum absolute atomic E-state index is 12.7. The lowest BCUT2D eigenvalue weighted by Crippen LogP contribution is -2.49. The zero-order valence-electron chi connectivity index (χ0n) is 21.1. The number of piperidine rings is 1. The van der Waals surface area contributed by atoms with Gasteiger partial charge in [-0.05, 0) is 79.6 Å². The molecule has 0 radical (unpaired) electrons. The summed E-state index contributed by atoms with van der Waals surface area (Å²) >= 11 is 12.2. The molecule has 1 aliphatic rings. The Hall–Kier alpha value is -1.84. The van der Waals surface area contributed by atoms with E-state index in [0.29, 0.717) is 21.7 Å². The number of benzene rings is 2. The third-order valence-corrected chi connectivity index (χ3v) is 7.92. The monoisotopic (exact) mass is 554 g/mol. The molecule has 0 aliphatic carbocycles. The number of nitrogens with zero attached hydrogens (tertiary/aromatic N) is 1. The Bertz CT molecular complexity index is 1140. The maximum atomic E-state index is 12.7. The van der Waals surface area contributed by atoms with Crippen LogP contribution < -0.4 is 15.4 Å². The van der Waals surface area contributed by atoms with E-state index >= 15 is 0 Å². The fourth-order valence-electron chi connectivity index (χ4n) is 4.38. The second-order valence-corrected chi connectivity index (χ2v) is 12.6. The SMILES string of the molecule is CC(C)C(CN1CCC(Cc2ccc(Cl)c(Cl)c2)CC1)NC(=O)Nc1cccc(CNS(C)(=O)=O)c1. The Morgan fingerprint density at radius 3 is 2.42 bits per heavy atom. The number of sulfonamides is 1. The molecule has 2 amide bonds. The van der Waals surface area contributed by atoms with Crippen LogP contribution in [0.25, 0.3) is 0 Å². The molecule has 1 heterocycles. The van der Waals surface area contributed by atoms with Crippen LogP contribution in [0.2, 0.25) is 10.0 Å². The minimum Gasteiger partial charge on any atom is -0.334 e. The molecule has 1 saturated heterocycles. The van der Waals surface area contributed by atoms with Crippen LogP contribution in [0.15, 0.2) is 42.5 Å². The molecule has 1 unspecified atom stereocenters. The average molecular weight is 556 g/mol. The van der Waals surface area contributed by atoms with Crippen molar-refractivity contribution >= 4 is 44.9 Å². The highest BCUT2D eigenvalue weighted by molar-refractivity contribution is 7.88. The van der Waals surface area contributed by atoms with Gasteiger partial charge in [-0.15, -0.1) is 0 Å². The first-order valence-corrected chi connectivity index (χ1v) is 14.9. The average Bonchev–Trinajstić information content (AvgIpc) is 2.80. The summed E-state index contributed by atoms with van der Waals surface area (Å²) < 4.78 is 25.1. The zero-order valence-corrected chi connectivity index (χ0v) is 23.4. The van der Waals surface area contributed by atoms with Crippen LogP contribution in [0.4, 0.5) is 10.5 Å². The van der Waals surface area contributed by atoms with E-state index in [1.54, 1.807) is 18.2 Å². The second-order valence-electron chi connectivity index (χ2n) is 9.94. The Labute approximate surface area is 225 Å². The van der Waals surface area contributed by atoms with E-state index in [1.807, 2.05) is 18.2 Å². The molecule has 0 bridgehead atoms. The summed E-state index contributed by atoms with van der Waals surface area (Å²) in [5, 5.41) is 7.19. The molecule has 3 N–H and O–H groups in total. The molecule has 0 spiro atoms. The first-order chi connectivity index (χ1) is 17.0. The van der Waals surface area contributed by atoms with Crippen LogP contribution in [0.1, 0.15) is 37.8 Å². The van der Waals surface area contributed by atoms with Crippen molar-refractivity contribution in [1.29, 1.82) is 0 Å². The largest absolute Gasteiger partial charge is 0.334 e. The maximum Gasteiger partial charge on any atom is 0.319 e. The van der Waals surface area contributed by atoms with Crippen LogP contribution >= 0.6 is 23.2 Å². The molecular weight excluding hydrogens is 519 g/mol. The van der Waals surface area contributed by atoms with Crippen molar-refractivity contribution in [1.82, 2.24) is 14.9 Å². The molecule has 7 nitrogen and oxygen atoms in total. The number of halogens is 2. The highest BCUT2D eigenvalue weighted by Gasteiger charge is 2.24. The standard InChI is InChI=1S/C26H36Cl2N4O3S/c1-18(2)25(31-26(33)30-22-6-4-5-21(14-22)16-29-36(3,34)35)17-32-11-9-19(10-12-32)13-20-7-8-23(27)24(28)15-20/h4-8,14-15,18-19,25,29H,9-13,16-17H2,1-3H3,(H2,30,31,33). The first-order valence-electron chi connectivity index (χ1n) is 12.3. The quantitative estimate of drug-likeness (QED) is 0.379. The van der Waals surface area contributed by atoms with Crippen molar-refractivity contribution in [2.75, 3.05) is 31.2 Å². The van der Waals surface area contributed by atoms with Crippen LogP contribution in [-0.4, -0.2) is 51.3 Å². The molecule has 10 heteroatoms. The van der Waals surface area contributed by atoms with Crippen molar-refractivity contribution in [2.24, 2.45) is 11.8 Å². The van der Waals surface area contributed by atoms with Gasteiger partial charge in [-0.1, -0.05) is 55.2 Å². The van der Waals surface area contributed by atoms with Crippen LogP contribution in [-0.2, 0) is 23.0 Å². The van der Waals surface area contributed by atoms with Crippen LogP contribution in [0.5, 0.6) is 0 Å². The highest BCUT2D eigenvalue weighted by Crippen LogP contribution is 2.27. The number of rotatable bonds is 10. The van der Waals surface area contributed by atoms with Crippen molar-refractivity contribution in [3.63, 3.8) is 0 Å². The molecule has 1 aliphatic heterocycles. The summed E-state index contributed by atoms with van der Waals surface area (Å²) in [5.41, 5.74) is 2.60. The minimum absolute atomic E-state index is 0.00621. The van der Waals surface area contributed by atoms with E-state index in [0.717, 1.165) is 50.7 Å². The molecule has 36 heavy (non-hydrogen) atoms. The number of hydrogen-bond acceptors (Lipinski definition) is 4. The lowest BCUT2D eigenvalue weighted by atomic mass is 9.89. The van der Waals surface area contributed by atoms with Gasteiger partial charge in [0.2, 0.25) is 10.0 Å². The van der Waals surface area contributed by atoms with Crippen molar-refractivity contribution in [3.05, 3.63) is 63.6 Å². The van der Waals surface area contributed by atoms with E-state index < -0.39 is 10.0 Å². The van der Waals surface area contributed by atoms with Crippen molar-refractivity contribution in [3.8, 4) is 0 Å². The van der Waals surface area contributed by atoms with Crippen molar-refractivity contribution < 1.29 is 13.2 Å². The van der Waals surface area contributed by atoms with Gasteiger partial charge in [-0.25, -0.2) is 17.9 Å². The topological polar surface area (TPSA) is 90.5 Å². The van der Waals surface area contributed by atoms with Gasteiger partial charge in [0.25, 0.3) is 0 Å². The Morgan fingerprint density at radius 2 is 1.78 bits per heavy atom. The number of amides is 2. The fraction of sp³-hybridized carbons (Fsp3) is 0.500. The normalized spacial score (nSPS) is 16.2. The number of carbonyl (C=O) groups excluding carboxylic acids is 1. The molecule has 0 saturated carbocycles. The van der Waals surface area contributed by atoms with Gasteiger partial charge in [-0.3, -0.25) is 0 Å². The first kappa shape index (κ1) is 28.7. The van der Waals surface area contributed by atoms with E-state index in [1.165, 1.54) is 5.56 Å². The summed E-state index contributed by atoms with van der Waals surface area (Å²) in [6.45, 7) is 7.18. The lowest BCUT2D eigenvalue weighted by Gasteiger charge is -2.35. The number of urea groups is 1. The summed E-state index contributed by atoms with van der Waals surface area (Å²) in [5.74, 6) is 0.881. The zero-order chi connectivity index (χ0) is 26.3. The molecule has 2 aromatic carbocycles. The van der Waals surface area contributed by atoms with E-state index in [-0.39, 0.29) is 24.5 Å². The van der Waals surface area contributed by atoms with Gasteiger partial charge in [-0.2, -0.15) is 0 Å². The van der Waals surface area contributed by atoms with E-state index in [9.17, 15) is 13.2 Å². The molecule has 2 aromatic rings. The van der Waals surface area contributed by atoms with E-state index in [2.05, 4.69) is 40.2 Å². The summed E-state index contributed by atoms with van der Waals surface area (Å²) in [4.78, 5) is 15.2. The molecular formula is C26H36Cl2N4O3S. The van der Waals surface area contributed by atoms with Gasteiger partial charge in [0, 0.05) is 24.8 Å². The van der Waals surface area contributed by atoms with Crippen LogP contribution in [0.3, 0.4) is 0 Å². The van der Waals surface area contributed by atoms with E-state index in [4.69, 9.17) is 23.2 Å². The molecule has 1 fully saturated rings. The highest BCUT2D eigenvalue weighted by atomic mass is 35.5. The summed E-state index contributed by atoms with van der Waals surface area (Å²) in [7, 11) is -3.29. The fourth-order valence-corrected chi connectivity index (χ4v) is 5.13. The molecule has 1 atom stereocenters. The summed E-state index contributed by atoms with van der Waals surface area (Å²) in [6.07, 6.45) is 4.32. The Morgan fingerprint density at radius 1 is 1.06 bits per heavy atom. The predicted octanol–water partition coefficient (Wildman–Crippen LogP) is 5.14. The lowest BCUT2D eigenvalue weighted by molar-refractivity contribution is 0.157. The Kier molecular flexibility index (Phi) is 10.5. The number of nitrogens with one attached hydrogen (secondary N) is 3. The van der Waals surface area contributed by atoms with Crippen molar-refractivity contribution in [2.45, 2.75) is 45.7 Å². The molecule has 0 aromatic heterocycles. The minimum atomic E-state index is -3.29. The third kappa shape index (κ3) is 9.56. The summed E-state index contributed by atoms with van der Waals surface area (Å²) in [6, 6.07) is 12.8. The number of likely N-dealkylation sites (tertiary alicyclic amines) is 1. The van der Waals surface area contributed by atoms with Gasteiger partial charge >= 0.3 is 6.03 Å².